The SMILES string of the molecule is CCOC(=O)C(OC(C)(C)C)c1c(C)cc2nc(-c3ccnc(-c4ccc5c(cnn5C5CN(C(=O)O)C5C(C)(C)C)c4)c3)sc2c1-c1ccc(Cl)cc1. The number of hydrogen-bond acceptors (Lipinski definition) is 8. The summed E-state index contributed by atoms with van der Waals surface area (Å²) in [4.78, 5) is 36.8. The van der Waals surface area contributed by atoms with Crippen LogP contribution in [0.15, 0.2) is 73.1 Å². The molecule has 0 saturated carbocycles. The molecule has 1 amide bonds. The topological polar surface area (TPSA) is 120 Å². The van der Waals surface area contributed by atoms with E-state index in [1.807, 2.05) is 93.2 Å². The number of carboxylic acid groups (broad SMARTS) is 1. The number of halogens is 1. The Hall–Kier alpha value is -4.84. The predicted octanol–water partition coefficient (Wildman–Crippen LogP) is 10.4. The van der Waals surface area contributed by atoms with Gasteiger partial charge in [-0.05, 0) is 93.6 Å². The lowest BCUT2D eigenvalue weighted by Crippen LogP contribution is -2.63. The smallest absolute Gasteiger partial charge is 0.407 e. The number of esters is 1. The Bertz CT molecular complexity index is 2390. The van der Waals surface area contributed by atoms with Gasteiger partial charge >= 0.3 is 12.1 Å². The number of aromatic nitrogens is 4. The van der Waals surface area contributed by atoms with Crippen molar-refractivity contribution >= 4 is 56.1 Å². The van der Waals surface area contributed by atoms with Crippen LogP contribution in [-0.2, 0) is 14.3 Å². The molecule has 7 rings (SSSR count). The number of benzene rings is 3. The molecule has 3 aromatic heterocycles. The van der Waals surface area contributed by atoms with Gasteiger partial charge in [0.2, 0.25) is 0 Å². The van der Waals surface area contributed by atoms with E-state index < -0.39 is 23.8 Å². The summed E-state index contributed by atoms with van der Waals surface area (Å²) >= 11 is 7.88. The molecule has 10 nitrogen and oxygen atoms in total. The fraction of sp³-hybridized carbons (Fsp3) is 0.357. The van der Waals surface area contributed by atoms with Crippen molar-refractivity contribution in [3.05, 3.63) is 89.2 Å². The zero-order valence-corrected chi connectivity index (χ0v) is 33.2. The van der Waals surface area contributed by atoms with Gasteiger partial charge in [0.1, 0.15) is 5.01 Å². The first-order valence-electron chi connectivity index (χ1n) is 18.0. The zero-order valence-electron chi connectivity index (χ0n) is 31.7. The largest absolute Gasteiger partial charge is 0.465 e. The van der Waals surface area contributed by atoms with Crippen LogP contribution in [0.3, 0.4) is 0 Å². The number of thiazole rings is 1. The number of likely N-dealkylation sites (tertiary alicyclic amines) is 1. The number of carbonyl (C=O) groups excluding carboxylic acids is 1. The number of carbonyl (C=O) groups is 2. The van der Waals surface area contributed by atoms with Gasteiger partial charge < -0.3 is 19.5 Å². The summed E-state index contributed by atoms with van der Waals surface area (Å²) in [7, 11) is 0. The van der Waals surface area contributed by atoms with Crippen molar-refractivity contribution < 1.29 is 24.2 Å². The standard InChI is InChI=1S/C42H44ClN5O5S/c1-9-52-39(49)35(53-42(6,7)8)33-23(2)18-30-36(34(33)24-10-13-28(43)14-11-24)54-38(46-30)26-16-17-44-29(20-26)25-12-15-31-27(19-25)21-45-48(31)32-22-47(40(50)51)37(32)41(3,4)5/h10-21,32,35,37H,9,22H2,1-8H3,(H,50,51). The Labute approximate surface area is 323 Å². The third kappa shape index (κ3) is 7.08. The molecule has 6 aromatic rings. The van der Waals surface area contributed by atoms with Crippen LogP contribution in [0.1, 0.15) is 71.7 Å². The third-order valence-corrected chi connectivity index (χ3v) is 11.1. The second-order valence-electron chi connectivity index (χ2n) is 15.8. The van der Waals surface area contributed by atoms with Gasteiger partial charge in [-0.2, -0.15) is 5.10 Å². The molecule has 54 heavy (non-hydrogen) atoms. The van der Waals surface area contributed by atoms with Crippen LogP contribution in [0.5, 0.6) is 0 Å². The molecule has 0 spiro atoms. The third-order valence-electron chi connectivity index (χ3n) is 9.72. The summed E-state index contributed by atoms with van der Waals surface area (Å²) in [6.07, 6.45) is 1.76. The number of fused-ring (bicyclic) bond motifs is 2. The molecule has 0 bridgehead atoms. The van der Waals surface area contributed by atoms with Crippen molar-refractivity contribution in [3.63, 3.8) is 0 Å². The minimum absolute atomic E-state index is 0.0561. The molecule has 3 aromatic carbocycles. The zero-order chi connectivity index (χ0) is 38.7. The van der Waals surface area contributed by atoms with Gasteiger partial charge in [0.15, 0.2) is 6.10 Å². The number of nitrogens with zero attached hydrogens (tertiary/aromatic N) is 5. The van der Waals surface area contributed by atoms with E-state index in [2.05, 4.69) is 26.8 Å². The first-order valence-corrected chi connectivity index (χ1v) is 19.2. The first-order chi connectivity index (χ1) is 25.5. The van der Waals surface area contributed by atoms with Crippen molar-refractivity contribution in [1.29, 1.82) is 0 Å². The second kappa shape index (κ2) is 14.1. The van der Waals surface area contributed by atoms with Crippen LogP contribution in [0, 0.1) is 12.3 Å². The number of ether oxygens (including phenoxy) is 2. The lowest BCUT2D eigenvalue weighted by molar-refractivity contribution is -0.166. The van der Waals surface area contributed by atoms with Gasteiger partial charge in [-0.25, -0.2) is 14.6 Å². The van der Waals surface area contributed by atoms with Gasteiger partial charge in [0, 0.05) is 45.4 Å². The van der Waals surface area contributed by atoms with E-state index in [1.54, 1.807) is 24.5 Å². The molecule has 12 heteroatoms. The van der Waals surface area contributed by atoms with Crippen LogP contribution >= 0.6 is 22.9 Å². The van der Waals surface area contributed by atoms with Crippen molar-refractivity contribution in [2.75, 3.05) is 13.2 Å². The molecule has 1 saturated heterocycles. The molecule has 1 aliphatic rings. The van der Waals surface area contributed by atoms with E-state index >= 15 is 0 Å². The van der Waals surface area contributed by atoms with Crippen molar-refractivity contribution in [2.45, 2.75) is 79.2 Å². The maximum Gasteiger partial charge on any atom is 0.407 e. The molecule has 1 N–H and O–H groups in total. The lowest BCUT2D eigenvalue weighted by Gasteiger charge is -2.52. The Kier molecular flexibility index (Phi) is 9.78. The fourth-order valence-electron chi connectivity index (χ4n) is 7.51. The Morgan fingerprint density at radius 2 is 1.72 bits per heavy atom. The highest BCUT2D eigenvalue weighted by Gasteiger charge is 2.50. The average Bonchev–Trinajstić information content (AvgIpc) is 3.70. The van der Waals surface area contributed by atoms with E-state index in [-0.39, 0.29) is 24.1 Å². The Morgan fingerprint density at radius 1 is 1.00 bits per heavy atom. The molecule has 4 heterocycles. The Morgan fingerprint density at radius 3 is 2.39 bits per heavy atom. The number of rotatable bonds is 8. The number of hydrogen-bond donors (Lipinski definition) is 1. The monoisotopic (exact) mass is 765 g/mol. The maximum absolute atomic E-state index is 13.6. The molecular formula is C42H44ClN5O5S. The van der Waals surface area contributed by atoms with Gasteiger partial charge in [-0.15, -0.1) is 11.3 Å². The number of pyridine rings is 1. The Balaban J connectivity index is 1.29. The molecule has 280 valence electrons. The van der Waals surface area contributed by atoms with Crippen LogP contribution in [0.4, 0.5) is 4.79 Å². The predicted molar refractivity (Wildman–Crippen MR) is 214 cm³/mol. The number of aryl methyl sites for hydroxylation is 1. The number of amides is 1. The molecule has 0 radical (unpaired) electrons. The maximum atomic E-state index is 13.6. The van der Waals surface area contributed by atoms with Gasteiger partial charge in [0.25, 0.3) is 0 Å². The summed E-state index contributed by atoms with van der Waals surface area (Å²) in [6.45, 7) is 16.4. The molecule has 3 atom stereocenters. The average molecular weight is 766 g/mol. The first kappa shape index (κ1) is 37.5. The van der Waals surface area contributed by atoms with Crippen LogP contribution in [-0.4, -0.2) is 66.6 Å². The van der Waals surface area contributed by atoms with Crippen LogP contribution < -0.4 is 0 Å². The molecular weight excluding hydrogens is 722 g/mol. The van der Waals surface area contributed by atoms with Gasteiger partial charge in [-0.3, -0.25) is 9.67 Å². The molecule has 3 unspecified atom stereocenters. The highest BCUT2D eigenvalue weighted by molar-refractivity contribution is 7.22. The fourth-order valence-corrected chi connectivity index (χ4v) is 8.75. The van der Waals surface area contributed by atoms with E-state index in [4.69, 9.17) is 36.1 Å². The highest BCUT2D eigenvalue weighted by atomic mass is 35.5. The van der Waals surface area contributed by atoms with E-state index in [9.17, 15) is 14.7 Å². The second-order valence-corrected chi connectivity index (χ2v) is 17.3. The molecule has 0 aliphatic carbocycles. The van der Waals surface area contributed by atoms with E-state index in [1.165, 1.54) is 4.90 Å². The quantitative estimate of drug-likeness (QED) is 0.152. The minimum Gasteiger partial charge on any atom is -0.465 e. The van der Waals surface area contributed by atoms with Crippen molar-refractivity contribution in [2.24, 2.45) is 5.41 Å². The van der Waals surface area contributed by atoms with E-state index in [0.717, 1.165) is 65.2 Å². The summed E-state index contributed by atoms with van der Waals surface area (Å²) in [5.74, 6) is -0.444. The lowest BCUT2D eigenvalue weighted by atomic mass is 9.76. The van der Waals surface area contributed by atoms with E-state index in [0.29, 0.717) is 11.6 Å². The summed E-state index contributed by atoms with van der Waals surface area (Å²) in [5, 5.41) is 16.9. The minimum atomic E-state index is -0.961. The summed E-state index contributed by atoms with van der Waals surface area (Å²) < 4.78 is 14.9. The molecule has 1 aliphatic heterocycles. The summed E-state index contributed by atoms with van der Waals surface area (Å²) in [6, 6.07) is 19.5. The normalized spacial score (nSPS) is 16.8. The molecule has 1 fully saturated rings. The van der Waals surface area contributed by atoms with Crippen molar-refractivity contribution in [1.82, 2.24) is 24.6 Å². The van der Waals surface area contributed by atoms with Crippen LogP contribution in [0.25, 0.3) is 54.1 Å². The van der Waals surface area contributed by atoms with Crippen molar-refractivity contribution in [3.8, 4) is 33.0 Å². The highest BCUT2D eigenvalue weighted by Crippen LogP contribution is 2.46. The van der Waals surface area contributed by atoms with Gasteiger partial charge in [0.05, 0.1) is 51.9 Å². The summed E-state index contributed by atoms with van der Waals surface area (Å²) in [5.41, 5.74) is 6.84. The van der Waals surface area contributed by atoms with Gasteiger partial charge in [-0.1, -0.05) is 50.6 Å². The van der Waals surface area contributed by atoms with Crippen LogP contribution in [0.2, 0.25) is 5.02 Å².